The lowest BCUT2D eigenvalue weighted by atomic mass is 10.1. The molecule has 1 aromatic rings. The smallest absolute Gasteiger partial charge is 0.0471 e. The van der Waals surface area contributed by atoms with E-state index in [1.165, 1.54) is 29.2 Å². The third-order valence-corrected chi connectivity index (χ3v) is 4.73. The Morgan fingerprint density at radius 1 is 1.32 bits per heavy atom. The summed E-state index contributed by atoms with van der Waals surface area (Å²) < 4.78 is 0. The van der Waals surface area contributed by atoms with Crippen LogP contribution in [-0.4, -0.2) is 30.6 Å². The van der Waals surface area contributed by atoms with Crippen molar-refractivity contribution >= 4 is 29.1 Å². The number of hydrogen-bond donors (Lipinski definition) is 1. The minimum absolute atomic E-state index is 0.485. The highest BCUT2D eigenvalue weighted by atomic mass is 35.5. The molecule has 0 unspecified atom stereocenters. The molecular formula is C15H23ClN2S. The van der Waals surface area contributed by atoms with Crippen LogP contribution in [0.4, 0.5) is 5.69 Å². The van der Waals surface area contributed by atoms with Gasteiger partial charge >= 0.3 is 0 Å². The lowest BCUT2D eigenvalue weighted by molar-refractivity contribution is 0.589. The topological polar surface area (TPSA) is 15.3 Å². The summed E-state index contributed by atoms with van der Waals surface area (Å²) in [4.78, 5) is 2.45. The number of thioether (sulfide) groups is 1. The Labute approximate surface area is 125 Å². The molecule has 1 fully saturated rings. The highest BCUT2D eigenvalue weighted by Gasteiger charge is 2.11. The zero-order valence-corrected chi connectivity index (χ0v) is 13.4. The first-order chi connectivity index (χ1) is 9.16. The number of hydrogen-bond acceptors (Lipinski definition) is 3. The summed E-state index contributed by atoms with van der Waals surface area (Å²) in [5, 5.41) is 4.29. The quantitative estimate of drug-likeness (QED) is 0.911. The van der Waals surface area contributed by atoms with E-state index in [0.717, 1.165) is 24.7 Å². The zero-order chi connectivity index (χ0) is 13.7. The van der Waals surface area contributed by atoms with Gasteiger partial charge in [0.2, 0.25) is 0 Å². The fourth-order valence-corrected chi connectivity index (χ4v) is 3.32. The Kier molecular flexibility index (Phi) is 5.86. The van der Waals surface area contributed by atoms with E-state index in [2.05, 4.69) is 42.3 Å². The monoisotopic (exact) mass is 298 g/mol. The van der Waals surface area contributed by atoms with E-state index in [9.17, 15) is 0 Å². The van der Waals surface area contributed by atoms with Crippen LogP contribution in [0.1, 0.15) is 25.8 Å². The van der Waals surface area contributed by atoms with Crippen LogP contribution in [0.25, 0.3) is 0 Å². The largest absolute Gasteiger partial charge is 0.371 e. The molecule has 1 aromatic carbocycles. The molecule has 1 aliphatic rings. The maximum Gasteiger partial charge on any atom is 0.0471 e. The Morgan fingerprint density at radius 3 is 2.89 bits per heavy atom. The van der Waals surface area contributed by atoms with E-state index in [1.807, 2.05) is 11.8 Å². The van der Waals surface area contributed by atoms with Crippen LogP contribution < -0.4 is 10.2 Å². The fourth-order valence-electron chi connectivity index (χ4n) is 2.19. The molecule has 1 heterocycles. The van der Waals surface area contributed by atoms with E-state index in [0.29, 0.717) is 6.04 Å². The van der Waals surface area contributed by atoms with Gasteiger partial charge in [-0.1, -0.05) is 31.5 Å². The second-order valence-electron chi connectivity index (χ2n) is 5.26. The summed E-state index contributed by atoms with van der Waals surface area (Å²) in [5.74, 6) is 2.49. The molecule has 1 N–H and O–H groups in total. The first-order valence-corrected chi connectivity index (χ1v) is 8.54. The molecule has 1 aliphatic heterocycles. The summed E-state index contributed by atoms with van der Waals surface area (Å²) in [6, 6.07) is 6.97. The molecule has 0 aromatic heterocycles. The standard InChI is InChI=1S/C15H23ClN2S/c1-12(2)17-11-13-4-5-14(10-15(13)16)18-6-3-8-19-9-7-18/h4-5,10,12,17H,3,6-9,11H2,1-2H3. The van der Waals surface area contributed by atoms with E-state index >= 15 is 0 Å². The highest BCUT2D eigenvalue weighted by Crippen LogP contribution is 2.25. The van der Waals surface area contributed by atoms with Gasteiger partial charge in [-0.3, -0.25) is 0 Å². The summed E-state index contributed by atoms with van der Waals surface area (Å²) in [6.45, 7) is 7.42. The molecule has 0 amide bonds. The number of nitrogens with one attached hydrogen (secondary N) is 1. The Balaban J connectivity index is 2.04. The molecule has 1 saturated heterocycles. The molecular weight excluding hydrogens is 276 g/mol. The zero-order valence-electron chi connectivity index (χ0n) is 11.8. The molecule has 0 aliphatic carbocycles. The maximum absolute atomic E-state index is 6.40. The molecule has 4 heteroatoms. The van der Waals surface area contributed by atoms with Gasteiger partial charge in [-0.25, -0.2) is 0 Å². The Hall–Kier alpha value is -0.380. The van der Waals surface area contributed by atoms with Crippen LogP contribution >= 0.6 is 23.4 Å². The van der Waals surface area contributed by atoms with E-state index in [4.69, 9.17) is 11.6 Å². The van der Waals surface area contributed by atoms with Crippen molar-refractivity contribution in [2.24, 2.45) is 0 Å². The summed E-state index contributed by atoms with van der Waals surface area (Å²) in [5.41, 5.74) is 2.45. The van der Waals surface area contributed by atoms with Crippen LogP contribution in [0.5, 0.6) is 0 Å². The van der Waals surface area contributed by atoms with E-state index in [-0.39, 0.29) is 0 Å². The third kappa shape index (κ3) is 4.59. The summed E-state index contributed by atoms with van der Waals surface area (Å²) in [7, 11) is 0. The highest BCUT2D eigenvalue weighted by molar-refractivity contribution is 7.99. The van der Waals surface area contributed by atoms with Gasteiger partial charge in [0.15, 0.2) is 0 Å². The van der Waals surface area contributed by atoms with Crippen molar-refractivity contribution in [3.05, 3.63) is 28.8 Å². The average molecular weight is 299 g/mol. The van der Waals surface area contributed by atoms with Gasteiger partial charge in [0.05, 0.1) is 0 Å². The van der Waals surface area contributed by atoms with Crippen LogP contribution in [0.3, 0.4) is 0 Å². The van der Waals surface area contributed by atoms with Crippen molar-refractivity contribution in [2.75, 3.05) is 29.5 Å². The van der Waals surface area contributed by atoms with Gasteiger partial charge in [0.25, 0.3) is 0 Å². The van der Waals surface area contributed by atoms with Crippen molar-refractivity contribution < 1.29 is 0 Å². The Morgan fingerprint density at radius 2 is 2.16 bits per heavy atom. The minimum Gasteiger partial charge on any atom is -0.371 e. The average Bonchev–Trinajstić information content (AvgIpc) is 2.66. The van der Waals surface area contributed by atoms with Gasteiger partial charge in [0.1, 0.15) is 0 Å². The number of halogens is 1. The number of anilines is 1. The van der Waals surface area contributed by atoms with Gasteiger partial charge < -0.3 is 10.2 Å². The molecule has 0 spiro atoms. The molecule has 0 bridgehead atoms. The van der Waals surface area contributed by atoms with Crippen molar-refractivity contribution in [1.82, 2.24) is 5.32 Å². The fraction of sp³-hybridized carbons (Fsp3) is 0.600. The lowest BCUT2D eigenvalue weighted by Crippen LogP contribution is -2.25. The second-order valence-corrected chi connectivity index (χ2v) is 6.90. The van der Waals surface area contributed by atoms with Gasteiger partial charge in [-0.15, -0.1) is 0 Å². The molecule has 2 rings (SSSR count). The predicted molar refractivity (Wildman–Crippen MR) is 87.6 cm³/mol. The summed E-state index contributed by atoms with van der Waals surface area (Å²) in [6.07, 6.45) is 1.26. The maximum atomic E-state index is 6.40. The third-order valence-electron chi connectivity index (χ3n) is 3.32. The molecule has 0 radical (unpaired) electrons. The Bertz CT molecular complexity index is 401. The molecule has 0 atom stereocenters. The lowest BCUT2D eigenvalue weighted by Gasteiger charge is -2.23. The van der Waals surface area contributed by atoms with Crippen molar-refractivity contribution in [3.63, 3.8) is 0 Å². The van der Waals surface area contributed by atoms with Crippen molar-refractivity contribution in [1.29, 1.82) is 0 Å². The van der Waals surface area contributed by atoms with Crippen LogP contribution in [0.15, 0.2) is 18.2 Å². The van der Waals surface area contributed by atoms with E-state index < -0.39 is 0 Å². The normalized spacial score (nSPS) is 16.7. The molecule has 2 nitrogen and oxygen atoms in total. The van der Waals surface area contributed by atoms with Crippen LogP contribution in [0.2, 0.25) is 5.02 Å². The predicted octanol–water partition coefficient (Wildman–Crippen LogP) is 3.78. The van der Waals surface area contributed by atoms with Crippen molar-refractivity contribution in [2.45, 2.75) is 32.9 Å². The first-order valence-electron chi connectivity index (χ1n) is 7.01. The minimum atomic E-state index is 0.485. The molecule has 106 valence electrons. The number of nitrogens with zero attached hydrogens (tertiary/aromatic N) is 1. The van der Waals surface area contributed by atoms with Gasteiger partial charge in [-0.2, -0.15) is 11.8 Å². The van der Waals surface area contributed by atoms with Crippen LogP contribution in [-0.2, 0) is 6.54 Å². The summed E-state index contributed by atoms with van der Waals surface area (Å²) >= 11 is 8.45. The molecule has 0 saturated carbocycles. The van der Waals surface area contributed by atoms with Crippen LogP contribution in [0, 0.1) is 0 Å². The molecule has 19 heavy (non-hydrogen) atoms. The second kappa shape index (κ2) is 7.41. The van der Waals surface area contributed by atoms with Crippen molar-refractivity contribution in [3.8, 4) is 0 Å². The first kappa shape index (κ1) is 15.0. The van der Waals surface area contributed by atoms with E-state index in [1.54, 1.807) is 0 Å². The number of benzene rings is 1. The number of rotatable bonds is 4. The van der Waals surface area contributed by atoms with Gasteiger partial charge in [-0.05, 0) is 29.9 Å². The van der Waals surface area contributed by atoms with Gasteiger partial charge in [0, 0.05) is 42.1 Å². The SMILES string of the molecule is CC(C)NCc1ccc(N2CCCSCC2)cc1Cl.